The molecule has 0 atom stereocenters. The molecule has 0 aliphatic heterocycles. The van der Waals surface area contributed by atoms with Crippen molar-refractivity contribution in [3.8, 4) is 5.75 Å². The van der Waals surface area contributed by atoms with Crippen molar-refractivity contribution in [2.45, 2.75) is 6.54 Å². The van der Waals surface area contributed by atoms with E-state index in [0.717, 1.165) is 11.8 Å². The first kappa shape index (κ1) is 14.7. The fourth-order valence-corrected chi connectivity index (χ4v) is 1.95. The number of phenols is 1. The molecule has 3 N–H and O–H groups in total. The Morgan fingerprint density at radius 1 is 1.13 bits per heavy atom. The lowest BCUT2D eigenvalue weighted by molar-refractivity contribution is 0.475. The molecule has 0 amide bonds. The van der Waals surface area contributed by atoms with Crippen molar-refractivity contribution in [1.82, 2.24) is 15.0 Å². The Kier molecular flexibility index (Phi) is 4.28. The molecule has 0 saturated heterocycles. The Labute approximate surface area is 132 Å². The van der Waals surface area contributed by atoms with Crippen LogP contribution in [0.15, 0.2) is 55.0 Å². The molecule has 0 saturated carbocycles. The monoisotopic (exact) mass is 311 g/mol. The fraction of sp³-hybridized carbons (Fsp3) is 0.0625. The van der Waals surface area contributed by atoms with Gasteiger partial charge in [-0.25, -0.2) is 9.37 Å². The zero-order valence-electron chi connectivity index (χ0n) is 12.1. The summed E-state index contributed by atoms with van der Waals surface area (Å²) in [4.78, 5) is 12.0. The maximum Gasteiger partial charge on any atom is 0.229 e. The van der Waals surface area contributed by atoms with Gasteiger partial charge in [-0.15, -0.1) is 0 Å². The van der Waals surface area contributed by atoms with Crippen LogP contribution in [0, 0.1) is 5.82 Å². The molecule has 23 heavy (non-hydrogen) atoms. The van der Waals surface area contributed by atoms with Crippen LogP contribution in [0.1, 0.15) is 5.56 Å². The second-order valence-corrected chi connectivity index (χ2v) is 4.78. The molecule has 6 nitrogen and oxygen atoms in total. The van der Waals surface area contributed by atoms with Crippen LogP contribution in [0.5, 0.6) is 5.75 Å². The number of hydrogen-bond acceptors (Lipinski definition) is 6. The summed E-state index contributed by atoms with van der Waals surface area (Å²) >= 11 is 0. The Morgan fingerprint density at radius 2 is 2.04 bits per heavy atom. The number of pyridine rings is 1. The van der Waals surface area contributed by atoms with Gasteiger partial charge in [0.05, 0.1) is 6.20 Å². The van der Waals surface area contributed by atoms with Gasteiger partial charge in [0.15, 0.2) is 11.6 Å². The molecule has 0 radical (unpaired) electrons. The maximum atomic E-state index is 13.8. The highest BCUT2D eigenvalue weighted by atomic mass is 19.1. The number of hydrogen-bond donors (Lipinski definition) is 3. The van der Waals surface area contributed by atoms with E-state index in [1.54, 1.807) is 30.6 Å². The van der Waals surface area contributed by atoms with Crippen molar-refractivity contribution in [2.75, 3.05) is 10.6 Å². The average molecular weight is 311 g/mol. The minimum absolute atomic E-state index is 0.0894. The third kappa shape index (κ3) is 3.91. The normalized spacial score (nSPS) is 10.3. The van der Waals surface area contributed by atoms with Crippen molar-refractivity contribution < 1.29 is 9.50 Å². The molecule has 116 valence electrons. The van der Waals surface area contributed by atoms with E-state index in [4.69, 9.17) is 0 Å². The molecular weight excluding hydrogens is 297 g/mol. The van der Waals surface area contributed by atoms with Crippen LogP contribution in [0.2, 0.25) is 0 Å². The van der Waals surface area contributed by atoms with Crippen LogP contribution in [-0.4, -0.2) is 20.1 Å². The van der Waals surface area contributed by atoms with E-state index in [9.17, 15) is 9.50 Å². The summed E-state index contributed by atoms with van der Waals surface area (Å²) in [6, 6.07) is 10.2. The van der Waals surface area contributed by atoms with E-state index >= 15 is 0 Å². The highest BCUT2D eigenvalue weighted by Crippen LogP contribution is 2.20. The van der Waals surface area contributed by atoms with Crippen molar-refractivity contribution in [3.05, 3.63) is 66.4 Å². The lowest BCUT2D eigenvalue weighted by Crippen LogP contribution is -2.07. The second-order valence-electron chi connectivity index (χ2n) is 4.78. The SMILES string of the molecule is Oc1cccc(Nc2ncc(F)c(NCc3cccnc3)n2)c1. The molecule has 2 heterocycles. The number of anilines is 3. The number of benzene rings is 1. The number of nitrogens with zero attached hydrogens (tertiary/aromatic N) is 3. The first-order valence-electron chi connectivity index (χ1n) is 6.92. The number of phenolic OH excluding ortho intramolecular Hbond substituents is 1. The molecule has 0 aliphatic rings. The first-order valence-corrected chi connectivity index (χ1v) is 6.92. The van der Waals surface area contributed by atoms with Crippen LogP contribution < -0.4 is 10.6 Å². The molecule has 1 aromatic carbocycles. The molecular formula is C16H14FN5O. The summed E-state index contributed by atoms with van der Waals surface area (Å²) in [6.45, 7) is 0.396. The second kappa shape index (κ2) is 6.69. The minimum atomic E-state index is -0.546. The van der Waals surface area contributed by atoms with Gasteiger partial charge in [-0.1, -0.05) is 12.1 Å². The predicted molar refractivity (Wildman–Crippen MR) is 84.9 cm³/mol. The lowest BCUT2D eigenvalue weighted by atomic mass is 10.3. The molecule has 0 spiro atoms. The molecule has 0 fully saturated rings. The van der Waals surface area contributed by atoms with Gasteiger partial charge in [-0.3, -0.25) is 4.98 Å². The van der Waals surface area contributed by atoms with E-state index in [0.29, 0.717) is 12.2 Å². The first-order chi connectivity index (χ1) is 11.2. The van der Waals surface area contributed by atoms with Crippen LogP contribution in [0.3, 0.4) is 0 Å². The van der Waals surface area contributed by atoms with E-state index in [1.165, 1.54) is 6.07 Å². The number of halogens is 1. The van der Waals surface area contributed by atoms with Crippen molar-refractivity contribution >= 4 is 17.5 Å². The van der Waals surface area contributed by atoms with Crippen molar-refractivity contribution in [3.63, 3.8) is 0 Å². The molecule has 3 aromatic rings. The van der Waals surface area contributed by atoms with E-state index in [1.807, 2.05) is 12.1 Å². The Balaban J connectivity index is 1.73. The van der Waals surface area contributed by atoms with Crippen molar-refractivity contribution in [1.29, 1.82) is 0 Å². The summed E-state index contributed by atoms with van der Waals surface area (Å²) in [6.07, 6.45) is 4.45. The van der Waals surface area contributed by atoms with Crippen LogP contribution in [0.25, 0.3) is 0 Å². The lowest BCUT2D eigenvalue weighted by Gasteiger charge is -2.09. The highest BCUT2D eigenvalue weighted by Gasteiger charge is 2.07. The third-order valence-corrected chi connectivity index (χ3v) is 3.03. The third-order valence-electron chi connectivity index (χ3n) is 3.03. The summed E-state index contributed by atoms with van der Waals surface area (Å²) in [5.74, 6) is -0.112. The Morgan fingerprint density at radius 3 is 2.83 bits per heavy atom. The van der Waals surface area contributed by atoms with E-state index in [2.05, 4.69) is 25.6 Å². The standard InChI is InChI=1S/C16H14FN5O/c17-14-10-20-16(21-12-4-1-5-13(23)7-12)22-15(14)19-9-11-3-2-6-18-8-11/h1-8,10,23H,9H2,(H2,19,20,21,22). The maximum absolute atomic E-state index is 13.8. The number of aromatic nitrogens is 3. The van der Waals surface area contributed by atoms with Gasteiger partial charge in [-0.2, -0.15) is 4.98 Å². The molecule has 3 rings (SSSR count). The average Bonchev–Trinajstić information content (AvgIpc) is 2.56. The van der Waals surface area contributed by atoms with Gasteiger partial charge in [0, 0.05) is 30.7 Å². The zero-order valence-corrected chi connectivity index (χ0v) is 12.1. The largest absolute Gasteiger partial charge is 0.508 e. The van der Waals surface area contributed by atoms with Crippen LogP contribution >= 0.6 is 0 Å². The summed E-state index contributed by atoms with van der Waals surface area (Å²) in [7, 11) is 0. The minimum Gasteiger partial charge on any atom is -0.508 e. The van der Waals surface area contributed by atoms with Gasteiger partial charge in [-0.05, 0) is 23.8 Å². The highest BCUT2D eigenvalue weighted by molar-refractivity contribution is 5.56. The topological polar surface area (TPSA) is 83.0 Å². The number of rotatable bonds is 5. The zero-order chi connectivity index (χ0) is 16.1. The number of aromatic hydroxyl groups is 1. The summed E-state index contributed by atoms with van der Waals surface area (Å²) in [5, 5.41) is 15.3. The van der Waals surface area contributed by atoms with Gasteiger partial charge >= 0.3 is 0 Å². The van der Waals surface area contributed by atoms with Gasteiger partial charge in [0.25, 0.3) is 0 Å². The van der Waals surface area contributed by atoms with Gasteiger partial charge in [0.2, 0.25) is 5.95 Å². The predicted octanol–water partition coefficient (Wildman–Crippen LogP) is 3.07. The molecule has 0 unspecified atom stereocenters. The smallest absolute Gasteiger partial charge is 0.229 e. The molecule has 2 aromatic heterocycles. The Bertz CT molecular complexity index is 797. The fourth-order valence-electron chi connectivity index (χ4n) is 1.95. The van der Waals surface area contributed by atoms with Crippen LogP contribution in [0.4, 0.5) is 21.8 Å². The van der Waals surface area contributed by atoms with E-state index < -0.39 is 5.82 Å². The number of nitrogens with one attached hydrogen (secondary N) is 2. The van der Waals surface area contributed by atoms with Crippen LogP contribution in [-0.2, 0) is 6.54 Å². The molecule has 0 aliphatic carbocycles. The van der Waals surface area contributed by atoms with Crippen molar-refractivity contribution in [2.24, 2.45) is 0 Å². The van der Waals surface area contributed by atoms with Gasteiger partial charge in [0.1, 0.15) is 5.75 Å². The Hall–Kier alpha value is -3.22. The van der Waals surface area contributed by atoms with E-state index in [-0.39, 0.29) is 17.5 Å². The summed E-state index contributed by atoms with van der Waals surface area (Å²) < 4.78 is 13.8. The quantitative estimate of drug-likeness (QED) is 0.671. The molecule has 0 bridgehead atoms. The molecule has 7 heteroatoms. The summed E-state index contributed by atoms with van der Waals surface area (Å²) in [5.41, 5.74) is 1.52. The van der Waals surface area contributed by atoms with Gasteiger partial charge < -0.3 is 15.7 Å².